The molecule has 6 nitrogen and oxygen atoms in total. The van der Waals surface area contributed by atoms with Gasteiger partial charge in [0.25, 0.3) is 0 Å². The molecule has 2 heterocycles. The van der Waals surface area contributed by atoms with Crippen molar-refractivity contribution < 1.29 is 14.2 Å². The lowest BCUT2D eigenvalue weighted by atomic mass is 10.2. The zero-order valence-electron chi connectivity index (χ0n) is 13.0. The van der Waals surface area contributed by atoms with Gasteiger partial charge in [-0.3, -0.25) is 0 Å². The van der Waals surface area contributed by atoms with E-state index >= 15 is 0 Å². The summed E-state index contributed by atoms with van der Waals surface area (Å²) in [6, 6.07) is 9.17. The molecule has 120 valence electrons. The Kier molecular flexibility index (Phi) is 4.29. The lowest BCUT2D eigenvalue weighted by Crippen LogP contribution is -2.04. The van der Waals surface area contributed by atoms with E-state index in [1.807, 2.05) is 4.57 Å². The maximum absolute atomic E-state index is 9.29. The molecule has 23 heavy (non-hydrogen) atoms. The molecular formula is C17H19N3O3. The first-order chi connectivity index (χ1) is 11.2. The van der Waals surface area contributed by atoms with E-state index in [4.69, 9.17) is 19.9 Å². The number of nitrogens with two attached hydrogens (primary N) is 1. The summed E-state index contributed by atoms with van der Waals surface area (Å²) in [5.41, 5.74) is 6.99. The number of rotatable bonds is 6. The monoisotopic (exact) mass is 313 g/mol. The number of unbranched alkanes of at least 4 members (excludes halogenated alkanes) is 2. The Morgan fingerprint density at radius 3 is 2.87 bits per heavy atom. The van der Waals surface area contributed by atoms with Crippen LogP contribution in [0.25, 0.3) is 0 Å². The van der Waals surface area contributed by atoms with Gasteiger partial charge >= 0.3 is 0 Å². The van der Waals surface area contributed by atoms with E-state index in [1.54, 1.807) is 24.3 Å². The summed E-state index contributed by atoms with van der Waals surface area (Å²) in [6.07, 6.45) is 3.17. The Bertz CT molecular complexity index is 746. The van der Waals surface area contributed by atoms with Gasteiger partial charge in [-0.25, -0.2) is 0 Å². The Balaban J connectivity index is 1.86. The molecule has 0 saturated heterocycles. The second kappa shape index (κ2) is 6.53. The van der Waals surface area contributed by atoms with Crippen LogP contribution in [0.5, 0.6) is 23.1 Å². The van der Waals surface area contributed by atoms with Crippen molar-refractivity contribution in [2.75, 3.05) is 12.5 Å². The molecule has 2 N–H and O–H groups in total. The summed E-state index contributed by atoms with van der Waals surface area (Å²) in [6.45, 7) is 3.06. The molecule has 3 rings (SSSR count). The predicted octanol–water partition coefficient (Wildman–Crippen LogP) is 3.65. The maximum atomic E-state index is 9.29. The first-order valence-corrected chi connectivity index (χ1v) is 7.69. The number of nitrogen functional groups attached to an aromatic ring is 1. The molecule has 0 atom stereocenters. The Morgan fingerprint density at radius 1 is 1.26 bits per heavy atom. The van der Waals surface area contributed by atoms with Gasteiger partial charge in [-0.1, -0.05) is 19.8 Å². The van der Waals surface area contributed by atoms with Gasteiger partial charge in [0.05, 0.1) is 5.69 Å². The third-order valence-electron chi connectivity index (χ3n) is 3.73. The summed E-state index contributed by atoms with van der Waals surface area (Å²) in [5.74, 6) is 2.43. The minimum Gasteiger partial charge on any atom is -0.454 e. The Hall–Kier alpha value is -2.81. The number of hydrogen-bond donors (Lipinski definition) is 1. The molecular weight excluding hydrogens is 294 g/mol. The van der Waals surface area contributed by atoms with E-state index in [0.717, 1.165) is 19.3 Å². The standard InChI is InChI=1S/C17H19N3O3/c1-2-3-4-7-20-12(10-18)8-14(19)17(20)23-13-5-6-15-16(9-13)22-11-21-15/h5-6,8-9H,2-4,7,11,19H2,1H3. The quantitative estimate of drug-likeness (QED) is 0.823. The topological polar surface area (TPSA) is 82.4 Å². The number of fused-ring (bicyclic) bond motifs is 1. The summed E-state index contributed by atoms with van der Waals surface area (Å²) >= 11 is 0. The van der Waals surface area contributed by atoms with Crippen LogP contribution in [0.3, 0.4) is 0 Å². The summed E-state index contributed by atoms with van der Waals surface area (Å²) in [5, 5.41) is 9.29. The highest BCUT2D eigenvalue weighted by Crippen LogP contribution is 2.38. The van der Waals surface area contributed by atoms with Crippen molar-refractivity contribution >= 4 is 5.69 Å². The molecule has 0 unspecified atom stereocenters. The van der Waals surface area contributed by atoms with Crippen molar-refractivity contribution in [3.05, 3.63) is 30.0 Å². The van der Waals surface area contributed by atoms with Crippen molar-refractivity contribution in [3.63, 3.8) is 0 Å². The zero-order chi connectivity index (χ0) is 16.2. The van der Waals surface area contributed by atoms with Crippen LogP contribution in [0.2, 0.25) is 0 Å². The van der Waals surface area contributed by atoms with Crippen LogP contribution in [0.15, 0.2) is 24.3 Å². The number of nitrogens with zero attached hydrogens (tertiary/aromatic N) is 2. The fourth-order valence-corrected chi connectivity index (χ4v) is 2.55. The number of aromatic nitrogens is 1. The molecule has 0 fully saturated rings. The van der Waals surface area contributed by atoms with Crippen LogP contribution >= 0.6 is 0 Å². The Labute approximate surface area is 135 Å². The lowest BCUT2D eigenvalue weighted by molar-refractivity contribution is 0.174. The average Bonchev–Trinajstić information content (AvgIpc) is 3.13. The maximum Gasteiger partial charge on any atom is 0.231 e. The van der Waals surface area contributed by atoms with E-state index in [1.165, 1.54) is 0 Å². The highest BCUT2D eigenvalue weighted by Gasteiger charge is 2.18. The van der Waals surface area contributed by atoms with Gasteiger partial charge in [-0.2, -0.15) is 5.26 Å². The normalized spacial score (nSPS) is 12.2. The number of hydrogen-bond acceptors (Lipinski definition) is 5. The van der Waals surface area contributed by atoms with Crippen molar-refractivity contribution in [2.24, 2.45) is 0 Å². The third-order valence-corrected chi connectivity index (χ3v) is 3.73. The smallest absolute Gasteiger partial charge is 0.231 e. The molecule has 1 aliphatic rings. The molecule has 1 aliphatic heterocycles. The molecule has 6 heteroatoms. The van der Waals surface area contributed by atoms with E-state index in [0.29, 0.717) is 41.1 Å². The van der Waals surface area contributed by atoms with Crippen LogP contribution in [-0.4, -0.2) is 11.4 Å². The van der Waals surface area contributed by atoms with Crippen molar-refractivity contribution in [1.82, 2.24) is 4.57 Å². The van der Waals surface area contributed by atoms with E-state index < -0.39 is 0 Å². The molecule has 0 aliphatic carbocycles. The fraction of sp³-hybridized carbons (Fsp3) is 0.353. The van der Waals surface area contributed by atoms with E-state index in [9.17, 15) is 5.26 Å². The zero-order valence-corrected chi connectivity index (χ0v) is 13.0. The highest BCUT2D eigenvalue weighted by atomic mass is 16.7. The van der Waals surface area contributed by atoms with Crippen LogP contribution in [0.1, 0.15) is 31.9 Å². The van der Waals surface area contributed by atoms with Gasteiger partial charge in [0.1, 0.15) is 17.5 Å². The number of ether oxygens (including phenoxy) is 3. The van der Waals surface area contributed by atoms with Crippen molar-refractivity contribution in [3.8, 4) is 29.2 Å². The van der Waals surface area contributed by atoms with Gasteiger partial charge in [-0.05, 0) is 18.6 Å². The molecule has 2 aromatic rings. The molecule has 0 saturated carbocycles. The van der Waals surface area contributed by atoms with Gasteiger partial charge in [0.2, 0.25) is 12.7 Å². The number of nitriles is 1. The molecule has 0 spiro atoms. The average molecular weight is 313 g/mol. The molecule has 1 aromatic carbocycles. The minimum atomic E-state index is 0.215. The largest absolute Gasteiger partial charge is 0.454 e. The first-order valence-electron chi connectivity index (χ1n) is 7.69. The highest BCUT2D eigenvalue weighted by molar-refractivity contribution is 5.57. The van der Waals surface area contributed by atoms with Gasteiger partial charge < -0.3 is 24.5 Å². The summed E-state index contributed by atoms with van der Waals surface area (Å²) in [4.78, 5) is 0. The van der Waals surface area contributed by atoms with Crippen molar-refractivity contribution in [1.29, 1.82) is 5.26 Å². The van der Waals surface area contributed by atoms with Crippen LogP contribution in [0, 0.1) is 11.3 Å². The Morgan fingerprint density at radius 2 is 2.09 bits per heavy atom. The molecule has 0 amide bonds. The third kappa shape index (κ3) is 3.04. The minimum absolute atomic E-state index is 0.215. The molecule has 0 radical (unpaired) electrons. The lowest BCUT2D eigenvalue weighted by Gasteiger charge is -2.12. The SMILES string of the molecule is CCCCCn1c(C#N)cc(N)c1Oc1ccc2c(c1)OCO2. The number of anilines is 1. The number of benzene rings is 1. The van der Waals surface area contributed by atoms with E-state index in [-0.39, 0.29) is 6.79 Å². The van der Waals surface area contributed by atoms with Gasteiger partial charge in [0, 0.05) is 18.7 Å². The van der Waals surface area contributed by atoms with Crippen LogP contribution in [-0.2, 0) is 6.54 Å². The summed E-state index contributed by atoms with van der Waals surface area (Å²) in [7, 11) is 0. The summed E-state index contributed by atoms with van der Waals surface area (Å²) < 4.78 is 18.4. The fourth-order valence-electron chi connectivity index (χ4n) is 2.55. The molecule has 0 bridgehead atoms. The van der Waals surface area contributed by atoms with Crippen LogP contribution in [0.4, 0.5) is 5.69 Å². The van der Waals surface area contributed by atoms with Crippen LogP contribution < -0.4 is 19.9 Å². The first kappa shape index (κ1) is 15.1. The van der Waals surface area contributed by atoms with Gasteiger partial charge in [0.15, 0.2) is 11.5 Å². The van der Waals surface area contributed by atoms with Gasteiger partial charge in [-0.15, -0.1) is 0 Å². The van der Waals surface area contributed by atoms with Crippen molar-refractivity contribution in [2.45, 2.75) is 32.7 Å². The molecule has 1 aromatic heterocycles. The second-order valence-electron chi connectivity index (χ2n) is 5.38. The second-order valence-corrected chi connectivity index (χ2v) is 5.38. The van der Waals surface area contributed by atoms with E-state index in [2.05, 4.69) is 13.0 Å². The predicted molar refractivity (Wildman–Crippen MR) is 85.7 cm³/mol.